The van der Waals surface area contributed by atoms with E-state index in [1.807, 2.05) is 0 Å². The Hall–Kier alpha value is -1.30. The van der Waals surface area contributed by atoms with Gasteiger partial charge in [0, 0.05) is 5.92 Å². The second-order valence-electron chi connectivity index (χ2n) is 6.33. The number of rotatable bonds is 1. The molecule has 1 aromatic rings. The Balaban J connectivity index is 2.05. The zero-order valence-corrected chi connectivity index (χ0v) is 11.1. The van der Waals surface area contributed by atoms with Crippen LogP contribution in [0.1, 0.15) is 39.2 Å². The van der Waals surface area contributed by atoms with Crippen molar-refractivity contribution >= 4 is 0 Å². The predicted molar refractivity (Wildman–Crippen MR) is 72.9 cm³/mol. The number of allylic oxidation sites excluding steroid dienone is 4. The lowest BCUT2D eigenvalue weighted by atomic mass is 9.64. The molecule has 88 valence electrons. The van der Waals surface area contributed by atoms with E-state index in [2.05, 4.69) is 64.1 Å². The van der Waals surface area contributed by atoms with Gasteiger partial charge in [-0.2, -0.15) is 0 Å². The minimum Gasteiger partial charge on any atom is -0.0731 e. The van der Waals surface area contributed by atoms with Crippen LogP contribution < -0.4 is 0 Å². The fourth-order valence-electron chi connectivity index (χ4n) is 3.44. The molecule has 4 rings (SSSR count). The summed E-state index contributed by atoms with van der Waals surface area (Å²) >= 11 is 0. The molecule has 0 heteroatoms. The zero-order valence-electron chi connectivity index (χ0n) is 11.1. The van der Waals surface area contributed by atoms with Crippen LogP contribution in [0.5, 0.6) is 0 Å². The predicted octanol–water partition coefficient (Wildman–Crippen LogP) is 4.70. The Morgan fingerprint density at radius 2 is 1.65 bits per heavy atom. The van der Waals surface area contributed by atoms with Crippen molar-refractivity contribution in [1.29, 1.82) is 0 Å². The summed E-state index contributed by atoms with van der Waals surface area (Å²) in [4.78, 5) is 0. The second-order valence-corrected chi connectivity index (χ2v) is 6.33. The molecular weight excluding hydrogens is 204 g/mol. The van der Waals surface area contributed by atoms with E-state index in [0.29, 0.717) is 17.3 Å². The molecule has 0 spiro atoms. The Morgan fingerprint density at radius 3 is 2.12 bits per heavy atom. The van der Waals surface area contributed by atoms with Gasteiger partial charge in [-0.25, -0.2) is 0 Å². The molecule has 2 bridgehead atoms. The van der Waals surface area contributed by atoms with E-state index in [4.69, 9.17) is 0 Å². The first kappa shape index (κ1) is 10.8. The average Bonchev–Trinajstić information content (AvgIpc) is 2.72. The summed E-state index contributed by atoms with van der Waals surface area (Å²) in [6.45, 7) is 9.32. The van der Waals surface area contributed by atoms with Gasteiger partial charge < -0.3 is 0 Å². The van der Waals surface area contributed by atoms with Gasteiger partial charge in [0.05, 0.1) is 0 Å². The molecular formula is C17H20. The third-order valence-electron chi connectivity index (χ3n) is 4.00. The van der Waals surface area contributed by atoms with E-state index in [-0.39, 0.29) is 0 Å². The minimum absolute atomic E-state index is 0.303. The van der Waals surface area contributed by atoms with Crippen LogP contribution in [0.25, 0.3) is 0 Å². The lowest BCUT2D eigenvalue weighted by Crippen LogP contribution is -2.26. The number of fused-ring (bicyclic) bond motifs is 1. The Kier molecular flexibility index (Phi) is 2.13. The van der Waals surface area contributed by atoms with E-state index in [0.717, 1.165) is 0 Å². The van der Waals surface area contributed by atoms with Crippen LogP contribution in [0, 0.1) is 11.3 Å². The third kappa shape index (κ3) is 1.43. The Bertz CT molecular complexity index is 509. The standard InChI is InChI=1S/C17H20/c1-11-10-13-15(12-8-6-5-7-9-12)14(11)16(13)17(2,3)4/h5-11,15H,1-4H3. The first-order valence-corrected chi connectivity index (χ1v) is 6.51. The summed E-state index contributed by atoms with van der Waals surface area (Å²) in [6, 6.07) is 10.9. The number of benzene rings is 1. The highest BCUT2D eigenvalue weighted by atomic mass is 14.5. The molecule has 0 radical (unpaired) electrons. The fraction of sp³-hybridized carbons (Fsp3) is 0.412. The maximum Gasteiger partial charge on any atom is 0.0310 e. The molecule has 0 aromatic heterocycles. The van der Waals surface area contributed by atoms with E-state index in [9.17, 15) is 0 Å². The monoisotopic (exact) mass is 224 g/mol. The van der Waals surface area contributed by atoms with E-state index in [1.54, 1.807) is 16.7 Å². The Labute approximate surface area is 104 Å². The Morgan fingerprint density at radius 1 is 1.00 bits per heavy atom. The summed E-state index contributed by atoms with van der Waals surface area (Å²) in [5, 5.41) is 0. The molecule has 0 amide bonds. The van der Waals surface area contributed by atoms with Crippen molar-refractivity contribution in [1.82, 2.24) is 0 Å². The number of hydrogen-bond donors (Lipinski definition) is 0. The van der Waals surface area contributed by atoms with Crippen LogP contribution in [-0.4, -0.2) is 0 Å². The van der Waals surface area contributed by atoms with Crippen molar-refractivity contribution in [2.45, 2.75) is 33.6 Å². The van der Waals surface area contributed by atoms with Crippen LogP contribution in [-0.2, 0) is 0 Å². The molecule has 0 saturated heterocycles. The lowest BCUT2D eigenvalue weighted by Gasteiger charge is -2.40. The summed E-state index contributed by atoms with van der Waals surface area (Å²) < 4.78 is 0. The van der Waals surface area contributed by atoms with E-state index >= 15 is 0 Å². The average molecular weight is 224 g/mol. The van der Waals surface area contributed by atoms with Gasteiger partial charge in [-0.05, 0) is 33.6 Å². The highest BCUT2D eigenvalue weighted by molar-refractivity contribution is 5.68. The van der Waals surface area contributed by atoms with Crippen molar-refractivity contribution in [3.8, 4) is 0 Å². The van der Waals surface area contributed by atoms with Crippen molar-refractivity contribution < 1.29 is 0 Å². The zero-order chi connectivity index (χ0) is 12.2. The van der Waals surface area contributed by atoms with Gasteiger partial charge in [0.15, 0.2) is 0 Å². The van der Waals surface area contributed by atoms with Crippen molar-refractivity contribution in [2.75, 3.05) is 0 Å². The highest BCUT2D eigenvalue weighted by Gasteiger charge is 2.46. The van der Waals surface area contributed by atoms with Gasteiger partial charge in [0.2, 0.25) is 0 Å². The van der Waals surface area contributed by atoms with Gasteiger partial charge in [-0.3, -0.25) is 0 Å². The summed E-state index contributed by atoms with van der Waals surface area (Å²) in [5.41, 5.74) is 6.65. The van der Waals surface area contributed by atoms with E-state index < -0.39 is 0 Å². The maximum atomic E-state index is 2.47. The van der Waals surface area contributed by atoms with Gasteiger partial charge in [0.25, 0.3) is 0 Å². The molecule has 2 atom stereocenters. The summed E-state index contributed by atoms with van der Waals surface area (Å²) in [6.07, 6.45) is 2.47. The molecule has 17 heavy (non-hydrogen) atoms. The maximum absolute atomic E-state index is 2.47. The summed E-state index contributed by atoms with van der Waals surface area (Å²) in [7, 11) is 0. The molecule has 0 fully saturated rings. The normalized spacial score (nSPS) is 26.9. The molecule has 3 aliphatic carbocycles. The second kappa shape index (κ2) is 3.35. The van der Waals surface area contributed by atoms with Crippen molar-refractivity contribution in [3.63, 3.8) is 0 Å². The largest absolute Gasteiger partial charge is 0.0731 e. The molecule has 2 unspecified atom stereocenters. The molecule has 0 N–H and O–H groups in total. The molecule has 0 aliphatic heterocycles. The van der Waals surface area contributed by atoms with Gasteiger partial charge >= 0.3 is 0 Å². The molecule has 1 aromatic carbocycles. The van der Waals surface area contributed by atoms with Gasteiger partial charge in [-0.1, -0.05) is 64.1 Å². The smallest absolute Gasteiger partial charge is 0.0310 e. The lowest BCUT2D eigenvalue weighted by molar-refractivity contribution is 0.476. The first-order chi connectivity index (χ1) is 8.00. The number of hydrogen-bond acceptors (Lipinski definition) is 0. The quantitative estimate of drug-likeness (QED) is 0.648. The van der Waals surface area contributed by atoms with Crippen molar-refractivity contribution in [3.05, 3.63) is 58.7 Å². The van der Waals surface area contributed by atoms with Crippen molar-refractivity contribution in [2.24, 2.45) is 11.3 Å². The topological polar surface area (TPSA) is 0 Å². The fourth-order valence-corrected chi connectivity index (χ4v) is 3.44. The van der Waals surface area contributed by atoms with Gasteiger partial charge in [-0.15, -0.1) is 0 Å². The summed E-state index contributed by atoms with van der Waals surface area (Å²) in [5.74, 6) is 1.24. The van der Waals surface area contributed by atoms with Crippen LogP contribution in [0.3, 0.4) is 0 Å². The van der Waals surface area contributed by atoms with Crippen LogP contribution in [0.2, 0.25) is 0 Å². The van der Waals surface area contributed by atoms with E-state index in [1.165, 1.54) is 5.56 Å². The molecule has 0 saturated carbocycles. The van der Waals surface area contributed by atoms with Gasteiger partial charge in [0.1, 0.15) is 0 Å². The highest BCUT2D eigenvalue weighted by Crippen LogP contribution is 2.61. The van der Waals surface area contributed by atoms with Crippen LogP contribution in [0.4, 0.5) is 0 Å². The van der Waals surface area contributed by atoms with Crippen LogP contribution in [0.15, 0.2) is 53.1 Å². The molecule has 3 aliphatic rings. The SMILES string of the molecule is CC1C=C2C(C(C)(C)C)=C1C2c1ccccc1. The van der Waals surface area contributed by atoms with Crippen LogP contribution >= 0.6 is 0 Å². The minimum atomic E-state index is 0.303. The third-order valence-corrected chi connectivity index (χ3v) is 4.00. The molecule has 0 heterocycles. The first-order valence-electron chi connectivity index (χ1n) is 6.51. The molecule has 0 nitrogen and oxygen atoms in total.